The van der Waals surface area contributed by atoms with Crippen LogP contribution in [0.4, 0.5) is 0 Å². The van der Waals surface area contributed by atoms with Gasteiger partial charge >= 0.3 is 0 Å². The van der Waals surface area contributed by atoms with E-state index < -0.39 is 0 Å². The van der Waals surface area contributed by atoms with Gasteiger partial charge in [0.2, 0.25) is 0 Å². The monoisotopic (exact) mass is 243 g/mol. The summed E-state index contributed by atoms with van der Waals surface area (Å²) in [6.45, 7) is 7.93. The van der Waals surface area contributed by atoms with Crippen LogP contribution in [0, 0.1) is 0 Å². The Balaban J connectivity index is 1.64. The highest BCUT2D eigenvalue weighted by Gasteiger charge is 2.21. The molecule has 0 amide bonds. The molecule has 0 radical (unpaired) electrons. The average Bonchev–Trinajstić information content (AvgIpc) is 2.39. The molecule has 0 aromatic carbocycles. The summed E-state index contributed by atoms with van der Waals surface area (Å²) in [4.78, 5) is 2.48. The van der Waals surface area contributed by atoms with E-state index in [2.05, 4.69) is 11.8 Å². The molecule has 2 saturated heterocycles. The van der Waals surface area contributed by atoms with Gasteiger partial charge in [0, 0.05) is 26.1 Å². The van der Waals surface area contributed by atoms with Crippen molar-refractivity contribution in [3.05, 3.63) is 0 Å². The third-order valence-electron chi connectivity index (χ3n) is 3.44. The summed E-state index contributed by atoms with van der Waals surface area (Å²) in [6.07, 6.45) is 4.93. The molecule has 100 valence electrons. The van der Waals surface area contributed by atoms with E-state index in [-0.39, 0.29) is 6.29 Å². The lowest BCUT2D eigenvalue weighted by Crippen LogP contribution is -2.41. The Morgan fingerprint density at radius 1 is 1.24 bits per heavy atom. The number of hydrogen-bond donors (Lipinski definition) is 0. The number of likely N-dealkylation sites (tertiary alicyclic amines) is 1. The second-order valence-electron chi connectivity index (χ2n) is 4.83. The van der Waals surface area contributed by atoms with E-state index >= 15 is 0 Å². The van der Waals surface area contributed by atoms with Crippen LogP contribution in [-0.4, -0.2) is 56.7 Å². The Morgan fingerprint density at radius 3 is 2.82 bits per heavy atom. The fraction of sp³-hybridized carbons (Fsp3) is 1.00. The molecule has 0 saturated carbocycles. The molecule has 1 unspecified atom stereocenters. The highest BCUT2D eigenvalue weighted by Crippen LogP contribution is 2.15. The molecule has 4 heteroatoms. The molecule has 0 aliphatic carbocycles. The van der Waals surface area contributed by atoms with Crippen molar-refractivity contribution < 1.29 is 14.2 Å². The van der Waals surface area contributed by atoms with Crippen molar-refractivity contribution in [3.8, 4) is 0 Å². The number of hydrogen-bond acceptors (Lipinski definition) is 4. The lowest BCUT2D eigenvalue weighted by molar-refractivity contribution is -0.183. The van der Waals surface area contributed by atoms with Crippen LogP contribution in [-0.2, 0) is 14.2 Å². The minimum absolute atomic E-state index is 0.0243. The second-order valence-corrected chi connectivity index (χ2v) is 4.83. The zero-order chi connectivity index (χ0) is 11.9. The number of ether oxygens (including phenoxy) is 3. The van der Waals surface area contributed by atoms with Crippen molar-refractivity contribution in [2.75, 3.05) is 39.5 Å². The quantitative estimate of drug-likeness (QED) is 0.734. The van der Waals surface area contributed by atoms with Crippen LogP contribution in [0.15, 0.2) is 0 Å². The zero-order valence-corrected chi connectivity index (χ0v) is 10.9. The summed E-state index contributed by atoms with van der Waals surface area (Å²) in [5.74, 6) is 0. The molecule has 0 aromatic heterocycles. The minimum atomic E-state index is 0.0243. The Morgan fingerprint density at radius 2 is 2.06 bits per heavy atom. The molecule has 0 bridgehead atoms. The molecule has 2 heterocycles. The maximum Gasteiger partial charge on any atom is 0.158 e. The predicted molar refractivity (Wildman–Crippen MR) is 66.0 cm³/mol. The first-order chi connectivity index (χ1) is 8.38. The van der Waals surface area contributed by atoms with Gasteiger partial charge in [-0.3, -0.25) is 0 Å². The van der Waals surface area contributed by atoms with Gasteiger partial charge in [-0.2, -0.15) is 0 Å². The van der Waals surface area contributed by atoms with E-state index in [0.29, 0.717) is 6.10 Å². The van der Waals surface area contributed by atoms with Crippen molar-refractivity contribution >= 4 is 0 Å². The highest BCUT2D eigenvalue weighted by atomic mass is 16.7. The van der Waals surface area contributed by atoms with Crippen molar-refractivity contribution in [2.45, 2.75) is 45.0 Å². The first-order valence-electron chi connectivity index (χ1n) is 6.95. The zero-order valence-electron chi connectivity index (χ0n) is 10.9. The second kappa shape index (κ2) is 7.31. The van der Waals surface area contributed by atoms with E-state index in [0.717, 1.165) is 45.8 Å². The largest absolute Gasteiger partial charge is 0.377 e. The molecule has 4 nitrogen and oxygen atoms in total. The van der Waals surface area contributed by atoms with Crippen molar-refractivity contribution in [1.29, 1.82) is 0 Å². The predicted octanol–water partition coefficient (Wildman–Crippen LogP) is 1.64. The number of nitrogens with zero attached hydrogens (tertiary/aromatic N) is 1. The van der Waals surface area contributed by atoms with Gasteiger partial charge in [0.15, 0.2) is 6.29 Å². The first kappa shape index (κ1) is 13.3. The third-order valence-corrected chi connectivity index (χ3v) is 3.44. The van der Waals surface area contributed by atoms with Crippen LogP contribution >= 0.6 is 0 Å². The summed E-state index contributed by atoms with van der Waals surface area (Å²) in [6, 6.07) is 0. The summed E-state index contributed by atoms with van der Waals surface area (Å²) in [7, 11) is 0. The fourth-order valence-corrected chi connectivity index (χ4v) is 2.58. The lowest BCUT2D eigenvalue weighted by Gasteiger charge is -2.33. The summed E-state index contributed by atoms with van der Waals surface area (Å²) < 4.78 is 16.8. The number of piperidine rings is 1. The maximum atomic E-state index is 5.70. The molecule has 0 spiro atoms. The molecule has 2 rings (SSSR count). The third kappa shape index (κ3) is 4.54. The van der Waals surface area contributed by atoms with Crippen LogP contribution in [0.2, 0.25) is 0 Å². The summed E-state index contributed by atoms with van der Waals surface area (Å²) in [5.41, 5.74) is 0. The molecule has 2 fully saturated rings. The van der Waals surface area contributed by atoms with Gasteiger partial charge < -0.3 is 19.1 Å². The highest BCUT2D eigenvalue weighted by molar-refractivity contribution is 4.73. The molecule has 0 N–H and O–H groups in total. The van der Waals surface area contributed by atoms with Crippen LogP contribution < -0.4 is 0 Å². The SMILES string of the molecule is CCOC1CCCN(CCC2OCCCO2)C1. The Kier molecular flexibility index (Phi) is 5.71. The van der Waals surface area contributed by atoms with E-state index in [9.17, 15) is 0 Å². The van der Waals surface area contributed by atoms with Crippen molar-refractivity contribution in [2.24, 2.45) is 0 Å². The van der Waals surface area contributed by atoms with Crippen LogP contribution in [0.3, 0.4) is 0 Å². The van der Waals surface area contributed by atoms with Gasteiger partial charge in [-0.1, -0.05) is 0 Å². The van der Waals surface area contributed by atoms with Gasteiger partial charge in [0.25, 0.3) is 0 Å². The van der Waals surface area contributed by atoms with Crippen molar-refractivity contribution in [1.82, 2.24) is 4.90 Å². The molecule has 1 atom stereocenters. The van der Waals surface area contributed by atoms with Gasteiger partial charge in [0.05, 0.1) is 19.3 Å². The first-order valence-corrected chi connectivity index (χ1v) is 6.95. The molecule has 17 heavy (non-hydrogen) atoms. The molecule has 2 aliphatic rings. The molecular formula is C13H25NO3. The Bertz CT molecular complexity index is 205. The molecule has 2 aliphatic heterocycles. The van der Waals surface area contributed by atoms with E-state index in [4.69, 9.17) is 14.2 Å². The Labute approximate surface area is 104 Å². The van der Waals surface area contributed by atoms with Crippen LogP contribution in [0.5, 0.6) is 0 Å². The normalized spacial score (nSPS) is 28.4. The van der Waals surface area contributed by atoms with E-state index in [1.54, 1.807) is 0 Å². The van der Waals surface area contributed by atoms with Gasteiger partial charge in [-0.05, 0) is 32.7 Å². The van der Waals surface area contributed by atoms with Gasteiger partial charge in [-0.25, -0.2) is 0 Å². The van der Waals surface area contributed by atoms with E-state index in [1.165, 1.54) is 19.4 Å². The topological polar surface area (TPSA) is 30.9 Å². The lowest BCUT2D eigenvalue weighted by atomic mass is 10.1. The van der Waals surface area contributed by atoms with Gasteiger partial charge in [0.1, 0.15) is 0 Å². The molecule has 0 aromatic rings. The maximum absolute atomic E-state index is 5.70. The van der Waals surface area contributed by atoms with Crippen LogP contribution in [0.25, 0.3) is 0 Å². The van der Waals surface area contributed by atoms with Gasteiger partial charge in [-0.15, -0.1) is 0 Å². The standard InChI is InChI=1S/C13H25NO3/c1-2-15-12-5-3-7-14(11-12)8-6-13-16-9-4-10-17-13/h12-13H,2-11H2,1H3. The summed E-state index contributed by atoms with van der Waals surface area (Å²) >= 11 is 0. The Hall–Kier alpha value is -0.160. The summed E-state index contributed by atoms with van der Waals surface area (Å²) in [5, 5.41) is 0. The van der Waals surface area contributed by atoms with E-state index in [1.807, 2.05) is 0 Å². The average molecular weight is 243 g/mol. The fourth-order valence-electron chi connectivity index (χ4n) is 2.58. The van der Waals surface area contributed by atoms with Crippen molar-refractivity contribution in [3.63, 3.8) is 0 Å². The number of rotatable bonds is 5. The minimum Gasteiger partial charge on any atom is -0.377 e. The van der Waals surface area contributed by atoms with Crippen LogP contribution in [0.1, 0.15) is 32.6 Å². The smallest absolute Gasteiger partial charge is 0.158 e. The molecular weight excluding hydrogens is 218 g/mol.